The third-order valence-corrected chi connectivity index (χ3v) is 13.6. The van der Waals surface area contributed by atoms with Gasteiger partial charge in [-0.05, 0) is 109 Å². The number of hydrogen-bond donors (Lipinski definition) is 2. The predicted octanol–water partition coefficient (Wildman–Crippen LogP) is 6.70. The molecule has 4 aromatic carbocycles. The number of halogens is 4. The largest absolute Gasteiger partial charge is 0.381 e. The Kier molecular flexibility index (Phi) is 19.1. The predicted molar refractivity (Wildman–Crippen MR) is 241 cm³/mol. The van der Waals surface area contributed by atoms with E-state index in [1.54, 1.807) is 40.7 Å². The van der Waals surface area contributed by atoms with Gasteiger partial charge in [0, 0.05) is 79.5 Å². The molecule has 3 radical (unpaired) electrons. The van der Waals surface area contributed by atoms with Crippen molar-refractivity contribution in [3.8, 4) is 0 Å². The van der Waals surface area contributed by atoms with Gasteiger partial charge in [0.2, 0.25) is 26.0 Å². The summed E-state index contributed by atoms with van der Waals surface area (Å²) < 4.78 is 57.2. The van der Waals surface area contributed by atoms with Crippen LogP contribution in [0.1, 0.15) is 35.1 Å². The number of carbonyl (C=O) groups is 1. The molecule has 1 amide bonds. The Morgan fingerprint density at radius 3 is 1.34 bits per heavy atom. The summed E-state index contributed by atoms with van der Waals surface area (Å²) in [5.74, 6) is -0.291. The molecule has 3 aliphatic rings. The summed E-state index contributed by atoms with van der Waals surface area (Å²) in [6.07, 6.45) is 7.22. The Morgan fingerprint density at radius 2 is 0.949 bits per heavy atom. The maximum Gasteiger partial charge on any atom is 0.239 e. The molecule has 0 aromatic heterocycles. The van der Waals surface area contributed by atoms with Crippen molar-refractivity contribution in [1.82, 2.24) is 19.2 Å². The number of nitrogens with one attached hydrogen (secondary N) is 2. The van der Waals surface area contributed by atoms with Crippen molar-refractivity contribution in [1.29, 1.82) is 0 Å². The smallest absolute Gasteiger partial charge is 0.239 e. The van der Waals surface area contributed by atoms with Crippen molar-refractivity contribution in [3.05, 3.63) is 139 Å². The van der Waals surface area contributed by atoms with Crippen LogP contribution in [-0.4, -0.2) is 109 Å². The number of hydrogen-bond acceptors (Lipinski definition) is 7. The zero-order chi connectivity index (χ0) is 41.9. The molecule has 3 fully saturated rings. The molecule has 0 saturated carbocycles. The molecule has 17 heteroatoms. The second-order valence-electron chi connectivity index (χ2n) is 14.8. The summed E-state index contributed by atoms with van der Waals surface area (Å²) in [6, 6.07) is 28.5. The van der Waals surface area contributed by atoms with Gasteiger partial charge in [-0.1, -0.05) is 94.9 Å². The average molecular weight is 924 g/mol. The molecule has 2 unspecified atom stereocenters. The molecule has 4 aromatic rings. The Labute approximate surface area is 371 Å². The number of ether oxygens (including phenoxy) is 1. The van der Waals surface area contributed by atoms with E-state index in [-0.39, 0.29) is 39.0 Å². The van der Waals surface area contributed by atoms with E-state index in [1.807, 2.05) is 60.7 Å². The minimum atomic E-state index is -3.54. The second-order valence-corrected chi connectivity index (χ2v) is 20.4. The number of carbonyl (C=O) groups excluding carboxylic acids is 1. The van der Waals surface area contributed by atoms with Gasteiger partial charge in [-0.25, -0.2) is 16.8 Å². The topological polar surface area (TPSA) is 125 Å². The summed E-state index contributed by atoms with van der Waals surface area (Å²) in [5, 5.41) is 9.06. The lowest BCUT2D eigenvalue weighted by Crippen LogP contribution is -2.62. The molecule has 10 nitrogen and oxygen atoms in total. The number of piperazine rings is 2. The first-order chi connectivity index (χ1) is 27.5. The van der Waals surface area contributed by atoms with Gasteiger partial charge in [0.05, 0.1) is 12.5 Å². The Morgan fingerprint density at radius 1 is 0.576 bits per heavy atom. The molecule has 3 heterocycles. The molecule has 3 saturated heterocycles. The first kappa shape index (κ1) is 49.0. The lowest BCUT2D eigenvalue weighted by atomic mass is 9.99. The molecular weight excluding hydrogens is 873 g/mol. The highest BCUT2D eigenvalue weighted by molar-refractivity contribution is 7.88. The first-order valence-corrected chi connectivity index (χ1v) is 24.3. The fourth-order valence-electron chi connectivity index (χ4n) is 7.10. The fraction of sp³-hybridized carbons (Fsp3) is 0.405. The minimum absolute atomic E-state index is 0. The Bertz CT molecular complexity index is 2140. The maximum atomic E-state index is 12.7. The fourth-order valence-corrected chi connectivity index (χ4v) is 9.83. The Balaban J connectivity index is 0.000000229. The van der Waals surface area contributed by atoms with E-state index in [2.05, 4.69) is 10.6 Å². The van der Waals surface area contributed by atoms with Crippen molar-refractivity contribution in [2.45, 2.75) is 62.7 Å². The second kappa shape index (κ2) is 23.0. The van der Waals surface area contributed by atoms with Gasteiger partial charge in [0.15, 0.2) is 0 Å². The molecule has 7 rings (SSSR count). The lowest BCUT2D eigenvalue weighted by Gasteiger charge is -2.39. The Hall–Kier alpha value is -2.69. The van der Waals surface area contributed by atoms with Crippen LogP contribution in [0.4, 0.5) is 0 Å². The number of amides is 1. The van der Waals surface area contributed by atoms with Crippen molar-refractivity contribution in [2.24, 2.45) is 0 Å². The van der Waals surface area contributed by atoms with Gasteiger partial charge in [0.25, 0.3) is 0 Å². The molecule has 0 aliphatic carbocycles. The van der Waals surface area contributed by atoms with Crippen molar-refractivity contribution >= 4 is 80.8 Å². The quantitative estimate of drug-likeness (QED) is 0.170. The average Bonchev–Trinajstić information content (AvgIpc) is 3.77. The number of benzene rings is 4. The third-order valence-electron chi connectivity index (χ3n) is 10.0. The molecule has 0 spiro atoms. The molecule has 317 valence electrons. The van der Waals surface area contributed by atoms with E-state index in [0.717, 1.165) is 48.1 Å². The molecule has 2 N–H and O–H groups in total. The van der Waals surface area contributed by atoms with E-state index in [0.29, 0.717) is 52.4 Å². The van der Waals surface area contributed by atoms with Crippen LogP contribution < -0.4 is 10.6 Å². The van der Waals surface area contributed by atoms with Crippen molar-refractivity contribution < 1.29 is 26.4 Å². The van der Waals surface area contributed by atoms with Crippen LogP contribution in [0.3, 0.4) is 0 Å². The standard InChI is InChI=1S/C19H20Cl2N2O3S.C19H22Cl2N2O2S.C4H8O.B/c1-27(25,26)23-12-17(10-13-2-6-15(20)7-3-13)22-19(24)18(23)11-14-4-8-16(21)9-5-14;1-26(24,25)23-13-18(10-14-2-6-16(20)7-3-14)22-12-19(23)11-15-4-8-17(21)9-5-15;1-2-4-5-3-1;/h2-9,17-18H,10-12H2,1H3,(H,22,24);2-9,18-19,22H,10-13H2,1H3;1-4H2;/t17?,18-;18?,19-;;/m00../s1. The van der Waals surface area contributed by atoms with Crippen LogP contribution in [0.2, 0.25) is 20.1 Å². The van der Waals surface area contributed by atoms with Crippen LogP contribution in [-0.2, 0) is 55.3 Å². The highest BCUT2D eigenvalue weighted by Crippen LogP contribution is 2.23. The summed E-state index contributed by atoms with van der Waals surface area (Å²) in [6.45, 7) is 3.30. The van der Waals surface area contributed by atoms with E-state index in [9.17, 15) is 21.6 Å². The van der Waals surface area contributed by atoms with Crippen LogP contribution >= 0.6 is 46.4 Å². The molecular formula is C42H50BCl4N4O6S2. The number of rotatable bonds is 10. The summed E-state index contributed by atoms with van der Waals surface area (Å²) in [7, 11) is -6.83. The first-order valence-electron chi connectivity index (χ1n) is 19.1. The van der Waals surface area contributed by atoms with Crippen LogP contribution in [0.5, 0.6) is 0 Å². The maximum absolute atomic E-state index is 12.7. The van der Waals surface area contributed by atoms with Gasteiger partial charge < -0.3 is 15.4 Å². The lowest BCUT2D eigenvalue weighted by molar-refractivity contribution is -0.128. The molecule has 4 atom stereocenters. The third kappa shape index (κ3) is 15.9. The molecule has 0 bridgehead atoms. The number of sulfonamides is 2. The van der Waals surface area contributed by atoms with Gasteiger partial charge in [-0.2, -0.15) is 8.61 Å². The van der Waals surface area contributed by atoms with E-state index in [4.69, 9.17) is 51.1 Å². The van der Waals surface area contributed by atoms with Crippen LogP contribution in [0, 0.1) is 0 Å². The van der Waals surface area contributed by atoms with Gasteiger partial charge >= 0.3 is 0 Å². The van der Waals surface area contributed by atoms with Crippen LogP contribution in [0.25, 0.3) is 0 Å². The monoisotopic (exact) mass is 921 g/mol. The van der Waals surface area contributed by atoms with E-state index >= 15 is 0 Å². The molecule has 59 heavy (non-hydrogen) atoms. The SMILES string of the molecule is C1CCOC1.CS(=O)(=O)N1CC(Cc2ccc(Cl)cc2)NC(=O)[C@@H]1Cc1ccc(Cl)cc1.CS(=O)(=O)N1CC(Cc2ccc(Cl)cc2)NC[C@@H]1Cc1ccc(Cl)cc1.[B]. The zero-order valence-corrected chi connectivity index (χ0v) is 37.7. The summed E-state index contributed by atoms with van der Waals surface area (Å²) in [5.41, 5.74) is 4.04. The van der Waals surface area contributed by atoms with E-state index < -0.39 is 26.1 Å². The summed E-state index contributed by atoms with van der Waals surface area (Å²) in [4.78, 5) is 12.7. The highest BCUT2D eigenvalue weighted by atomic mass is 35.5. The molecule has 3 aliphatic heterocycles. The van der Waals surface area contributed by atoms with E-state index in [1.165, 1.54) is 23.4 Å². The minimum Gasteiger partial charge on any atom is -0.381 e. The normalized spacial score (nSPS) is 21.2. The van der Waals surface area contributed by atoms with Gasteiger partial charge in [-0.15, -0.1) is 0 Å². The highest BCUT2D eigenvalue weighted by Gasteiger charge is 2.39. The number of nitrogens with zero attached hydrogens (tertiary/aromatic N) is 2. The van der Waals surface area contributed by atoms with Crippen molar-refractivity contribution in [3.63, 3.8) is 0 Å². The summed E-state index contributed by atoms with van der Waals surface area (Å²) >= 11 is 23.7. The van der Waals surface area contributed by atoms with Crippen molar-refractivity contribution in [2.75, 3.05) is 45.4 Å². The van der Waals surface area contributed by atoms with Gasteiger partial charge in [0.1, 0.15) is 6.04 Å². The van der Waals surface area contributed by atoms with Gasteiger partial charge in [-0.3, -0.25) is 4.79 Å². The van der Waals surface area contributed by atoms with Crippen LogP contribution in [0.15, 0.2) is 97.1 Å². The zero-order valence-electron chi connectivity index (χ0n) is 33.1.